The van der Waals surface area contributed by atoms with Crippen LogP contribution in [0.15, 0.2) is 23.1 Å². The SMILES string of the molecule is O=C1CSc2ccc(NCCCS)cc2N1. The van der Waals surface area contributed by atoms with Crippen LogP contribution in [0.1, 0.15) is 6.42 Å². The summed E-state index contributed by atoms with van der Waals surface area (Å²) in [6.07, 6.45) is 1.03. The maximum absolute atomic E-state index is 11.2. The average Bonchev–Trinajstić information content (AvgIpc) is 2.29. The van der Waals surface area contributed by atoms with E-state index in [-0.39, 0.29) is 5.91 Å². The predicted molar refractivity (Wildman–Crippen MR) is 72.8 cm³/mol. The number of thioether (sulfide) groups is 1. The summed E-state index contributed by atoms with van der Waals surface area (Å²) in [4.78, 5) is 12.4. The van der Waals surface area contributed by atoms with E-state index in [4.69, 9.17) is 0 Å². The number of carbonyl (C=O) groups is 1. The number of thiol groups is 1. The predicted octanol–water partition coefficient (Wildman–Crippen LogP) is 2.46. The fourth-order valence-electron chi connectivity index (χ4n) is 1.50. The Kier molecular flexibility index (Phi) is 4.01. The van der Waals surface area contributed by atoms with Gasteiger partial charge in [0.15, 0.2) is 0 Å². The van der Waals surface area contributed by atoms with Gasteiger partial charge in [-0.05, 0) is 30.4 Å². The standard InChI is InChI=1S/C11H14N2OS2/c14-11-7-16-10-3-2-8(6-9(10)13-11)12-4-1-5-15/h2-3,6,12,15H,1,4-5,7H2,(H,13,14). The van der Waals surface area contributed by atoms with Gasteiger partial charge in [0.05, 0.1) is 11.4 Å². The molecule has 2 rings (SSSR count). The molecule has 1 aromatic rings. The average molecular weight is 254 g/mol. The van der Waals surface area contributed by atoms with Crippen molar-refractivity contribution in [2.75, 3.05) is 28.7 Å². The van der Waals surface area contributed by atoms with E-state index in [1.165, 1.54) is 0 Å². The quantitative estimate of drug-likeness (QED) is 0.571. The van der Waals surface area contributed by atoms with Gasteiger partial charge in [0, 0.05) is 17.1 Å². The molecule has 0 bridgehead atoms. The van der Waals surface area contributed by atoms with Crippen molar-refractivity contribution < 1.29 is 4.79 Å². The van der Waals surface area contributed by atoms with E-state index in [1.807, 2.05) is 18.2 Å². The van der Waals surface area contributed by atoms with E-state index in [0.717, 1.165) is 35.0 Å². The fraction of sp³-hybridized carbons (Fsp3) is 0.364. The molecular formula is C11H14N2OS2. The molecule has 1 heterocycles. The zero-order chi connectivity index (χ0) is 11.4. The minimum absolute atomic E-state index is 0.0741. The molecule has 0 unspecified atom stereocenters. The van der Waals surface area contributed by atoms with Crippen LogP contribution in [0.25, 0.3) is 0 Å². The molecule has 0 spiro atoms. The van der Waals surface area contributed by atoms with E-state index in [9.17, 15) is 4.79 Å². The number of amides is 1. The molecule has 0 fully saturated rings. The van der Waals surface area contributed by atoms with Crippen molar-refractivity contribution in [2.24, 2.45) is 0 Å². The normalized spacial score (nSPS) is 14.2. The first-order chi connectivity index (χ1) is 7.79. The second-order valence-electron chi connectivity index (χ2n) is 3.55. The Morgan fingerprint density at radius 2 is 2.38 bits per heavy atom. The van der Waals surface area contributed by atoms with E-state index in [1.54, 1.807) is 11.8 Å². The number of nitrogens with one attached hydrogen (secondary N) is 2. The summed E-state index contributed by atoms with van der Waals surface area (Å²) in [6, 6.07) is 6.07. The van der Waals surface area contributed by atoms with Gasteiger partial charge in [0.2, 0.25) is 5.91 Å². The molecule has 0 atom stereocenters. The van der Waals surface area contributed by atoms with Crippen LogP contribution in [0.5, 0.6) is 0 Å². The van der Waals surface area contributed by atoms with Crippen molar-refractivity contribution in [2.45, 2.75) is 11.3 Å². The van der Waals surface area contributed by atoms with Crippen molar-refractivity contribution in [1.29, 1.82) is 0 Å². The number of carbonyl (C=O) groups excluding carboxylic acids is 1. The summed E-state index contributed by atoms with van der Waals surface area (Å²) in [7, 11) is 0. The Morgan fingerprint density at radius 1 is 1.50 bits per heavy atom. The highest BCUT2D eigenvalue weighted by molar-refractivity contribution is 8.00. The fourth-order valence-corrected chi connectivity index (χ4v) is 2.45. The molecule has 1 aromatic carbocycles. The van der Waals surface area contributed by atoms with Gasteiger partial charge in [0.1, 0.15) is 0 Å². The highest BCUT2D eigenvalue weighted by Gasteiger charge is 2.14. The van der Waals surface area contributed by atoms with Crippen molar-refractivity contribution in [3.8, 4) is 0 Å². The van der Waals surface area contributed by atoms with Crippen molar-refractivity contribution >= 4 is 41.7 Å². The summed E-state index contributed by atoms with van der Waals surface area (Å²) in [6.45, 7) is 0.906. The molecular weight excluding hydrogens is 240 g/mol. The third kappa shape index (κ3) is 2.86. The highest BCUT2D eigenvalue weighted by atomic mass is 32.2. The summed E-state index contributed by atoms with van der Waals surface area (Å²) in [5.41, 5.74) is 1.96. The molecule has 86 valence electrons. The molecule has 1 aliphatic heterocycles. The lowest BCUT2D eigenvalue weighted by atomic mass is 10.2. The van der Waals surface area contributed by atoms with Gasteiger partial charge in [-0.25, -0.2) is 0 Å². The number of rotatable bonds is 4. The number of benzene rings is 1. The minimum atomic E-state index is 0.0741. The first-order valence-corrected chi connectivity index (χ1v) is 6.83. The molecule has 16 heavy (non-hydrogen) atoms. The number of hydrogen-bond acceptors (Lipinski definition) is 4. The molecule has 5 heteroatoms. The second kappa shape index (κ2) is 5.50. The lowest BCUT2D eigenvalue weighted by Gasteiger charge is -2.17. The molecule has 0 saturated heterocycles. The molecule has 1 aliphatic rings. The number of anilines is 2. The Hall–Kier alpha value is -0.810. The smallest absolute Gasteiger partial charge is 0.234 e. The van der Waals surface area contributed by atoms with Gasteiger partial charge in [-0.15, -0.1) is 11.8 Å². The van der Waals surface area contributed by atoms with Crippen LogP contribution < -0.4 is 10.6 Å². The van der Waals surface area contributed by atoms with E-state index >= 15 is 0 Å². The molecule has 1 amide bonds. The minimum Gasteiger partial charge on any atom is -0.385 e. The van der Waals surface area contributed by atoms with Crippen LogP contribution in [0.3, 0.4) is 0 Å². The molecule has 0 aromatic heterocycles. The zero-order valence-electron chi connectivity index (χ0n) is 8.82. The van der Waals surface area contributed by atoms with E-state index in [2.05, 4.69) is 23.3 Å². The van der Waals surface area contributed by atoms with Gasteiger partial charge in [-0.1, -0.05) is 0 Å². The van der Waals surface area contributed by atoms with Crippen LogP contribution in [-0.2, 0) is 4.79 Å². The Balaban J connectivity index is 2.06. The first-order valence-electron chi connectivity index (χ1n) is 5.21. The lowest BCUT2D eigenvalue weighted by Crippen LogP contribution is -2.18. The Morgan fingerprint density at radius 3 is 3.19 bits per heavy atom. The molecule has 0 saturated carbocycles. The van der Waals surface area contributed by atoms with Gasteiger partial charge in [0.25, 0.3) is 0 Å². The summed E-state index contributed by atoms with van der Waals surface area (Å²) < 4.78 is 0. The third-order valence-corrected chi connectivity index (χ3v) is 3.67. The molecule has 2 N–H and O–H groups in total. The second-order valence-corrected chi connectivity index (χ2v) is 5.02. The van der Waals surface area contributed by atoms with Gasteiger partial charge < -0.3 is 10.6 Å². The highest BCUT2D eigenvalue weighted by Crippen LogP contribution is 2.33. The molecule has 3 nitrogen and oxygen atoms in total. The van der Waals surface area contributed by atoms with Crippen LogP contribution in [0.2, 0.25) is 0 Å². The van der Waals surface area contributed by atoms with Crippen molar-refractivity contribution in [1.82, 2.24) is 0 Å². The van der Waals surface area contributed by atoms with Crippen LogP contribution in [-0.4, -0.2) is 24.0 Å². The lowest BCUT2D eigenvalue weighted by molar-refractivity contribution is -0.113. The molecule has 0 radical (unpaired) electrons. The number of fused-ring (bicyclic) bond motifs is 1. The topological polar surface area (TPSA) is 41.1 Å². The van der Waals surface area contributed by atoms with Crippen molar-refractivity contribution in [3.63, 3.8) is 0 Å². The number of hydrogen-bond donors (Lipinski definition) is 3. The Labute approximate surface area is 105 Å². The Bertz CT molecular complexity index is 396. The largest absolute Gasteiger partial charge is 0.385 e. The maximum atomic E-state index is 11.2. The van der Waals surface area contributed by atoms with Gasteiger partial charge in [-0.2, -0.15) is 12.6 Å². The third-order valence-electron chi connectivity index (χ3n) is 2.28. The molecule has 0 aliphatic carbocycles. The van der Waals surface area contributed by atoms with Crippen molar-refractivity contribution in [3.05, 3.63) is 18.2 Å². The summed E-state index contributed by atoms with van der Waals surface area (Å²) >= 11 is 5.74. The first kappa shape index (κ1) is 11.7. The van der Waals surface area contributed by atoms with Crippen LogP contribution >= 0.6 is 24.4 Å². The van der Waals surface area contributed by atoms with Gasteiger partial charge in [-0.3, -0.25) is 4.79 Å². The van der Waals surface area contributed by atoms with Crippen LogP contribution in [0, 0.1) is 0 Å². The van der Waals surface area contributed by atoms with Gasteiger partial charge >= 0.3 is 0 Å². The maximum Gasteiger partial charge on any atom is 0.234 e. The van der Waals surface area contributed by atoms with E-state index in [0.29, 0.717) is 5.75 Å². The summed E-state index contributed by atoms with van der Waals surface area (Å²) in [5, 5.41) is 6.18. The summed E-state index contributed by atoms with van der Waals surface area (Å²) in [5.74, 6) is 1.47. The van der Waals surface area contributed by atoms with E-state index < -0.39 is 0 Å². The van der Waals surface area contributed by atoms with Crippen LogP contribution in [0.4, 0.5) is 11.4 Å². The monoisotopic (exact) mass is 254 g/mol. The zero-order valence-corrected chi connectivity index (χ0v) is 10.5.